The van der Waals surface area contributed by atoms with Gasteiger partial charge in [0.2, 0.25) is 0 Å². The van der Waals surface area contributed by atoms with Gasteiger partial charge >= 0.3 is 5.97 Å². The van der Waals surface area contributed by atoms with Crippen molar-refractivity contribution >= 4 is 46.6 Å². The molecule has 4 unspecified atom stereocenters. The van der Waals surface area contributed by atoms with Crippen LogP contribution in [0.1, 0.15) is 5.56 Å². The molecular weight excluding hydrogens is 572 g/mol. The highest BCUT2D eigenvalue weighted by molar-refractivity contribution is 7.99. The van der Waals surface area contributed by atoms with E-state index in [1.54, 1.807) is 18.2 Å². The molecule has 0 saturated carbocycles. The van der Waals surface area contributed by atoms with Crippen molar-refractivity contribution < 1.29 is 37.4 Å². The number of halogens is 5. The first kappa shape index (κ1) is 30.3. The highest BCUT2D eigenvalue weighted by Gasteiger charge is 2.43. The normalized spacial score (nSPS) is 19.4. The van der Waals surface area contributed by atoms with Gasteiger partial charge in [-0.15, -0.1) is 11.8 Å². The predicted octanol–water partition coefficient (Wildman–Crippen LogP) is 3.39. The van der Waals surface area contributed by atoms with Gasteiger partial charge in [-0.3, -0.25) is 4.84 Å². The molecule has 1 aliphatic heterocycles. The molecule has 6 N–H and O–H groups in total. The largest absolute Gasteiger partial charge is 0.480 e. The summed E-state index contributed by atoms with van der Waals surface area (Å²) in [6, 6.07) is 5.48. The Kier molecular flexibility index (Phi) is 10.9. The van der Waals surface area contributed by atoms with Gasteiger partial charge in [-0.05, 0) is 30.3 Å². The quantitative estimate of drug-likeness (QED) is 0.125. The van der Waals surface area contributed by atoms with Gasteiger partial charge in [-0.1, -0.05) is 23.2 Å². The van der Waals surface area contributed by atoms with E-state index in [9.17, 15) is 23.1 Å². The maximum Gasteiger partial charge on any atom is 0.329 e. The van der Waals surface area contributed by atoms with Crippen molar-refractivity contribution in [2.45, 2.75) is 29.2 Å². The van der Waals surface area contributed by atoms with E-state index in [0.717, 1.165) is 23.3 Å². The fourth-order valence-corrected chi connectivity index (χ4v) is 5.09. The summed E-state index contributed by atoms with van der Waals surface area (Å²) in [6.07, 6.45) is -1.09. The molecule has 2 aromatic rings. The van der Waals surface area contributed by atoms with Crippen LogP contribution in [0.4, 0.5) is 13.2 Å². The number of rotatable bonds is 12. The molecule has 4 atom stereocenters. The summed E-state index contributed by atoms with van der Waals surface area (Å²) < 4.78 is 52.2. The van der Waals surface area contributed by atoms with Gasteiger partial charge in [0.05, 0.1) is 28.4 Å². The molecule has 0 bridgehead atoms. The smallest absolute Gasteiger partial charge is 0.329 e. The number of carboxylic acids is 1. The number of carbonyl (C=O) groups is 1. The number of hydrogen-bond acceptors (Lipinski definition) is 9. The molecule has 38 heavy (non-hydrogen) atoms. The summed E-state index contributed by atoms with van der Waals surface area (Å²) in [7, 11) is 1.46. The van der Waals surface area contributed by atoms with Crippen molar-refractivity contribution in [1.29, 1.82) is 0 Å². The van der Waals surface area contributed by atoms with Crippen molar-refractivity contribution in [3.8, 4) is 0 Å². The van der Waals surface area contributed by atoms with Crippen LogP contribution < -0.4 is 17.1 Å². The summed E-state index contributed by atoms with van der Waals surface area (Å²) in [5.74, 6) is 0.791. The number of carboxylic acid groups (broad SMARTS) is 1. The van der Waals surface area contributed by atoms with Crippen LogP contribution in [0.5, 0.6) is 0 Å². The summed E-state index contributed by atoms with van der Waals surface area (Å²) >= 11 is 13.4. The van der Waals surface area contributed by atoms with Crippen molar-refractivity contribution in [2.24, 2.45) is 11.6 Å². The van der Waals surface area contributed by atoms with Crippen LogP contribution in [0.25, 0.3) is 5.70 Å². The Labute approximate surface area is 230 Å². The monoisotopic (exact) mass is 596 g/mol. The second-order valence-electron chi connectivity index (χ2n) is 8.11. The number of hydroxylamine groups is 1. The van der Waals surface area contributed by atoms with Gasteiger partial charge in [0.25, 0.3) is 0 Å². The van der Waals surface area contributed by atoms with E-state index in [2.05, 4.69) is 5.48 Å². The van der Waals surface area contributed by atoms with E-state index in [1.807, 2.05) is 0 Å². The first-order chi connectivity index (χ1) is 18.0. The lowest BCUT2D eigenvalue weighted by molar-refractivity contribution is -0.148. The number of nitrogens with two attached hydrogens (primary N) is 2. The zero-order valence-corrected chi connectivity index (χ0v) is 22.2. The molecule has 3 rings (SSSR count). The molecule has 208 valence electrons. The summed E-state index contributed by atoms with van der Waals surface area (Å²) in [5.41, 5.74) is 8.37. The first-order valence-electron chi connectivity index (χ1n) is 11.0. The minimum atomic E-state index is -1.64. The van der Waals surface area contributed by atoms with Crippen LogP contribution in [-0.2, 0) is 19.1 Å². The second kappa shape index (κ2) is 13.7. The number of hydrogen-bond donors (Lipinski definition) is 4. The number of ether oxygens (including phenoxy) is 2. The van der Waals surface area contributed by atoms with Gasteiger partial charge in [-0.2, -0.15) is 5.48 Å². The van der Waals surface area contributed by atoms with Crippen LogP contribution in [0.3, 0.4) is 0 Å². The Bertz CT molecular complexity index is 1160. The van der Waals surface area contributed by atoms with Gasteiger partial charge in [-0.25, -0.2) is 23.8 Å². The fraction of sp³-hybridized carbons (Fsp3) is 0.348. The Morgan fingerprint density at radius 1 is 1.29 bits per heavy atom. The van der Waals surface area contributed by atoms with Gasteiger partial charge in [0.15, 0.2) is 17.5 Å². The number of aliphatic carboxylic acids is 1. The van der Waals surface area contributed by atoms with Crippen LogP contribution in [0.2, 0.25) is 10.0 Å². The lowest BCUT2D eigenvalue weighted by Crippen LogP contribution is -2.57. The van der Waals surface area contributed by atoms with Crippen molar-refractivity contribution in [1.82, 2.24) is 10.5 Å². The Morgan fingerprint density at radius 2 is 1.97 bits per heavy atom. The molecule has 1 heterocycles. The topological polar surface area (TPSA) is 132 Å². The highest BCUT2D eigenvalue weighted by atomic mass is 35.5. The molecule has 0 aromatic heterocycles. The third-order valence-electron chi connectivity index (χ3n) is 5.57. The number of hydrazine groups is 1. The highest BCUT2D eigenvalue weighted by Crippen LogP contribution is 2.31. The molecule has 0 spiro atoms. The first-order valence-corrected chi connectivity index (χ1v) is 12.7. The van der Waals surface area contributed by atoms with Crippen molar-refractivity contribution in [2.75, 3.05) is 26.0 Å². The SMILES string of the molecule is COC1CNOC1C(C(CSc1ccc(Cl)c(Cl)c1)OCC(=O)O)N(N)/C=C(\N)c1cc(F)c(F)c(F)c1. The fourth-order valence-electron chi connectivity index (χ4n) is 3.71. The lowest BCUT2D eigenvalue weighted by atomic mass is 10.0. The van der Waals surface area contributed by atoms with Crippen LogP contribution in [0.15, 0.2) is 41.4 Å². The molecule has 1 fully saturated rings. The van der Waals surface area contributed by atoms with Crippen LogP contribution in [-0.4, -0.2) is 66.5 Å². The second-order valence-corrected chi connectivity index (χ2v) is 10.0. The number of benzene rings is 2. The minimum Gasteiger partial charge on any atom is -0.480 e. The zero-order valence-electron chi connectivity index (χ0n) is 19.9. The van der Waals surface area contributed by atoms with E-state index >= 15 is 0 Å². The Hall–Kier alpha value is -2.23. The lowest BCUT2D eigenvalue weighted by Gasteiger charge is -2.37. The maximum absolute atomic E-state index is 13.8. The molecule has 2 aromatic carbocycles. The Morgan fingerprint density at radius 3 is 2.58 bits per heavy atom. The number of methoxy groups -OCH3 is 1. The van der Waals surface area contributed by atoms with E-state index < -0.39 is 54.4 Å². The molecule has 1 saturated heterocycles. The van der Waals surface area contributed by atoms with Crippen LogP contribution >= 0.6 is 35.0 Å². The Balaban J connectivity index is 1.96. The molecule has 1 aliphatic rings. The number of nitrogens with zero attached hydrogens (tertiary/aromatic N) is 1. The third-order valence-corrected chi connectivity index (χ3v) is 7.39. The van der Waals surface area contributed by atoms with E-state index in [0.29, 0.717) is 14.9 Å². The van der Waals surface area contributed by atoms with E-state index in [1.165, 1.54) is 18.9 Å². The molecule has 9 nitrogen and oxygen atoms in total. The third kappa shape index (κ3) is 7.67. The number of thioether (sulfide) groups is 1. The molecular formula is C23H25Cl2F3N4O5S. The maximum atomic E-state index is 13.8. The average Bonchev–Trinajstić information content (AvgIpc) is 3.33. The standard InChI is InChI=1S/C23H25Cl2F3N4O5S/c1-35-18-7-31-37-23(18)22(32(30)8-17(29)11-4-15(26)21(28)16(27)5-11)19(36-9-20(33)34)10-38-12-2-3-13(24)14(25)6-12/h2-6,8,18-19,22-23,31H,7,9-10,29-30H2,1H3,(H,33,34)/b17-8-. The molecule has 0 radical (unpaired) electrons. The predicted molar refractivity (Wildman–Crippen MR) is 137 cm³/mol. The zero-order chi connectivity index (χ0) is 28.0. The number of nitrogens with one attached hydrogen (secondary N) is 1. The summed E-state index contributed by atoms with van der Waals surface area (Å²) in [6.45, 7) is -0.382. The van der Waals surface area contributed by atoms with E-state index in [-0.39, 0.29) is 23.6 Å². The van der Waals surface area contributed by atoms with Gasteiger partial charge < -0.3 is 25.3 Å². The minimum absolute atomic E-state index is 0.160. The van der Waals surface area contributed by atoms with Gasteiger partial charge in [0, 0.05) is 29.5 Å². The molecule has 0 aliphatic carbocycles. The van der Waals surface area contributed by atoms with Crippen LogP contribution in [0, 0.1) is 17.5 Å². The summed E-state index contributed by atoms with van der Waals surface area (Å²) in [5, 5.41) is 11.0. The van der Waals surface area contributed by atoms with Crippen molar-refractivity contribution in [3.05, 3.63) is 69.6 Å². The van der Waals surface area contributed by atoms with Crippen molar-refractivity contribution in [3.63, 3.8) is 0 Å². The average molecular weight is 597 g/mol. The van der Waals surface area contributed by atoms with E-state index in [4.69, 9.17) is 49.1 Å². The van der Waals surface area contributed by atoms with Gasteiger partial charge in [0.1, 0.15) is 24.9 Å². The molecule has 0 amide bonds. The molecule has 15 heteroatoms. The summed E-state index contributed by atoms with van der Waals surface area (Å²) in [4.78, 5) is 17.7.